The van der Waals surface area contributed by atoms with Crippen LogP contribution in [0.15, 0.2) is 15.4 Å². The second kappa shape index (κ2) is 5.47. The van der Waals surface area contributed by atoms with Gasteiger partial charge in [-0.15, -0.1) is 0 Å². The first kappa shape index (κ1) is 15.9. The molecule has 1 aromatic rings. The number of rotatable bonds is 6. The van der Waals surface area contributed by atoms with E-state index in [-0.39, 0.29) is 18.1 Å². The van der Waals surface area contributed by atoms with Gasteiger partial charge in [0.25, 0.3) is 0 Å². The smallest absolute Gasteiger partial charge is 0.320 e. The summed E-state index contributed by atoms with van der Waals surface area (Å²) in [6.07, 6.45) is -3.96. The van der Waals surface area contributed by atoms with Gasteiger partial charge in [-0.05, 0) is 6.92 Å². The van der Waals surface area contributed by atoms with Gasteiger partial charge in [-0.1, -0.05) is 0 Å². The topological polar surface area (TPSA) is 85.3 Å². The van der Waals surface area contributed by atoms with Gasteiger partial charge in [0.2, 0.25) is 10.0 Å². The van der Waals surface area contributed by atoms with Gasteiger partial charge in [0, 0.05) is 6.07 Å². The first-order chi connectivity index (χ1) is 8.60. The molecule has 0 bridgehead atoms. The minimum atomic E-state index is -4.44. The third-order valence-corrected chi connectivity index (χ3v) is 3.74. The van der Waals surface area contributed by atoms with Crippen LogP contribution in [0.2, 0.25) is 0 Å². The number of nitrogens with two attached hydrogens (primary N) is 1. The van der Waals surface area contributed by atoms with Crippen molar-refractivity contribution in [2.75, 3.05) is 6.54 Å². The van der Waals surface area contributed by atoms with E-state index in [2.05, 4.69) is 0 Å². The van der Waals surface area contributed by atoms with Gasteiger partial charge in [-0.2, -0.15) is 8.78 Å². The highest BCUT2D eigenvalue weighted by Crippen LogP contribution is 2.24. The Morgan fingerprint density at radius 2 is 2.05 bits per heavy atom. The fourth-order valence-electron chi connectivity index (χ4n) is 1.24. The minimum Gasteiger partial charge on any atom is -0.464 e. The largest absolute Gasteiger partial charge is 0.464 e. The van der Waals surface area contributed by atoms with Crippen LogP contribution >= 0.6 is 0 Å². The lowest BCUT2D eigenvalue weighted by molar-refractivity contribution is -0.122. The predicted molar refractivity (Wildman–Crippen MR) is 57.5 cm³/mol. The molecule has 0 spiro atoms. The van der Waals surface area contributed by atoms with Crippen LogP contribution in [0.4, 0.5) is 17.6 Å². The van der Waals surface area contributed by atoms with E-state index in [1.54, 1.807) is 0 Å². The summed E-state index contributed by atoms with van der Waals surface area (Å²) < 4.78 is 78.8. The fraction of sp³-hybridized carbons (Fsp3) is 0.556. The number of halogens is 4. The molecule has 1 heterocycles. The zero-order chi connectivity index (χ0) is 14.8. The van der Waals surface area contributed by atoms with Gasteiger partial charge < -0.3 is 10.2 Å². The lowest BCUT2D eigenvalue weighted by Crippen LogP contribution is -2.41. The Hall–Kier alpha value is -1.13. The predicted octanol–water partition coefficient (Wildman–Crippen LogP) is 1.23. The summed E-state index contributed by atoms with van der Waals surface area (Å²) in [6.45, 7) is -0.488. The van der Waals surface area contributed by atoms with Crippen molar-refractivity contribution in [3.8, 4) is 0 Å². The number of alkyl halides is 4. The molecule has 110 valence electrons. The molecule has 3 N–H and O–H groups in total. The van der Waals surface area contributed by atoms with Crippen molar-refractivity contribution in [2.24, 2.45) is 5.73 Å². The molecule has 0 amide bonds. The summed E-state index contributed by atoms with van der Waals surface area (Å²) >= 11 is 0. The SMILES string of the molecule is Cc1oc(CN)cc1S(=O)(=O)NCC(F)(F)C(F)F. The summed E-state index contributed by atoms with van der Waals surface area (Å²) in [6, 6.07) is 1.05. The normalized spacial score (nSPS) is 13.2. The van der Waals surface area contributed by atoms with E-state index in [0.717, 1.165) is 6.07 Å². The molecule has 0 aliphatic rings. The molecule has 0 aliphatic carbocycles. The Balaban J connectivity index is 2.90. The van der Waals surface area contributed by atoms with Crippen LogP contribution in [0.25, 0.3) is 0 Å². The van der Waals surface area contributed by atoms with Crippen LogP contribution in [-0.4, -0.2) is 27.3 Å². The second-order valence-corrected chi connectivity index (χ2v) is 5.46. The summed E-state index contributed by atoms with van der Waals surface area (Å²) in [5.41, 5.74) is 5.23. The van der Waals surface area contributed by atoms with Crippen molar-refractivity contribution < 1.29 is 30.4 Å². The van der Waals surface area contributed by atoms with Crippen LogP contribution in [0.3, 0.4) is 0 Å². The van der Waals surface area contributed by atoms with Gasteiger partial charge >= 0.3 is 12.3 Å². The average Bonchev–Trinajstić information content (AvgIpc) is 2.69. The average molecular weight is 304 g/mol. The van der Waals surface area contributed by atoms with Gasteiger partial charge in [-0.25, -0.2) is 21.9 Å². The first-order valence-corrected chi connectivity index (χ1v) is 6.53. The molecule has 0 unspecified atom stereocenters. The molecule has 0 saturated carbocycles. The van der Waals surface area contributed by atoms with Crippen molar-refractivity contribution in [1.29, 1.82) is 0 Å². The van der Waals surface area contributed by atoms with E-state index in [9.17, 15) is 26.0 Å². The molecular formula is C9H12F4N2O3S. The van der Waals surface area contributed by atoms with E-state index >= 15 is 0 Å². The molecule has 0 radical (unpaired) electrons. The lowest BCUT2D eigenvalue weighted by atomic mass is 10.4. The van der Waals surface area contributed by atoms with E-state index in [4.69, 9.17) is 10.2 Å². The fourth-order valence-corrected chi connectivity index (χ4v) is 2.48. The number of nitrogens with one attached hydrogen (secondary N) is 1. The van der Waals surface area contributed by atoms with Crippen molar-refractivity contribution in [3.63, 3.8) is 0 Å². The third kappa shape index (κ3) is 3.67. The highest BCUT2D eigenvalue weighted by molar-refractivity contribution is 7.89. The third-order valence-electron chi connectivity index (χ3n) is 2.23. The highest BCUT2D eigenvalue weighted by atomic mass is 32.2. The number of hydrogen-bond acceptors (Lipinski definition) is 4. The zero-order valence-corrected chi connectivity index (χ0v) is 10.6. The molecule has 19 heavy (non-hydrogen) atoms. The molecule has 1 aromatic heterocycles. The van der Waals surface area contributed by atoms with Crippen LogP contribution in [0.1, 0.15) is 11.5 Å². The molecular weight excluding hydrogens is 292 g/mol. The van der Waals surface area contributed by atoms with Crippen LogP contribution in [0.5, 0.6) is 0 Å². The molecule has 0 aliphatic heterocycles. The Bertz CT molecular complexity index is 542. The summed E-state index contributed by atoms with van der Waals surface area (Å²) in [7, 11) is -4.36. The summed E-state index contributed by atoms with van der Waals surface area (Å²) in [4.78, 5) is -0.405. The number of hydrogen-bond donors (Lipinski definition) is 2. The standard InChI is InChI=1S/C9H12F4N2O3S/c1-5-7(2-6(3-14)18-5)19(16,17)15-4-9(12,13)8(10)11/h2,8,15H,3-4,14H2,1H3. The van der Waals surface area contributed by atoms with Crippen molar-refractivity contribution in [1.82, 2.24) is 4.72 Å². The van der Waals surface area contributed by atoms with Crippen molar-refractivity contribution >= 4 is 10.0 Å². The van der Waals surface area contributed by atoms with Gasteiger partial charge in [0.1, 0.15) is 16.4 Å². The highest BCUT2D eigenvalue weighted by Gasteiger charge is 2.41. The lowest BCUT2D eigenvalue weighted by Gasteiger charge is -2.15. The maximum absolute atomic E-state index is 12.6. The summed E-state index contributed by atoms with van der Waals surface area (Å²) in [5.74, 6) is -4.37. The molecule has 0 saturated heterocycles. The quantitative estimate of drug-likeness (QED) is 0.774. The molecule has 1 rings (SSSR count). The van der Waals surface area contributed by atoms with Crippen LogP contribution < -0.4 is 10.5 Å². The molecule has 0 fully saturated rings. The Morgan fingerprint density at radius 3 is 2.47 bits per heavy atom. The first-order valence-electron chi connectivity index (χ1n) is 5.05. The molecule has 10 heteroatoms. The van der Waals surface area contributed by atoms with E-state index in [1.807, 2.05) is 0 Å². The number of furan rings is 1. The van der Waals surface area contributed by atoms with Crippen molar-refractivity contribution in [2.45, 2.75) is 30.7 Å². The van der Waals surface area contributed by atoms with E-state index in [0.29, 0.717) is 0 Å². The molecule has 0 aromatic carbocycles. The maximum atomic E-state index is 12.6. The van der Waals surface area contributed by atoms with Gasteiger partial charge in [0.05, 0.1) is 13.1 Å². The van der Waals surface area contributed by atoms with Gasteiger partial charge in [-0.3, -0.25) is 0 Å². The Kier molecular flexibility index (Phi) is 4.59. The van der Waals surface area contributed by atoms with E-state index in [1.165, 1.54) is 11.6 Å². The maximum Gasteiger partial charge on any atom is 0.320 e. The monoisotopic (exact) mass is 304 g/mol. The van der Waals surface area contributed by atoms with Crippen molar-refractivity contribution in [3.05, 3.63) is 17.6 Å². The summed E-state index contributed by atoms with van der Waals surface area (Å²) in [5, 5.41) is 0. The number of sulfonamides is 1. The van der Waals surface area contributed by atoms with Gasteiger partial charge in [0.15, 0.2) is 0 Å². The molecule has 5 nitrogen and oxygen atoms in total. The minimum absolute atomic E-state index is 0.0617. The zero-order valence-electron chi connectivity index (χ0n) is 9.79. The van der Waals surface area contributed by atoms with Crippen LogP contribution in [0, 0.1) is 6.92 Å². The Morgan fingerprint density at radius 1 is 1.47 bits per heavy atom. The van der Waals surface area contributed by atoms with E-state index < -0.39 is 33.8 Å². The van der Waals surface area contributed by atoms with Crippen LogP contribution in [-0.2, 0) is 16.6 Å². The Labute approximate surface area is 106 Å². The number of aryl methyl sites for hydroxylation is 1. The second-order valence-electron chi connectivity index (χ2n) is 3.72. The molecule has 0 atom stereocenters.